The third-order valence-corrected chi connectivity index (χ3v) is 2.74. The highest BCUT2D eigenvalue weighted by atomic mass is 35.5. The Morgan fingerprint density at radius 3 is 2.75 bits per heavy atom. The number of nitrogens with two attached hydrogens (primary N) is 1. The zero-order chi connectivity index (χ0) is 12.3. The Balaban J connectivity index is 3.09. The van der Waals surface area contributed by atoms with Crippen LogP contribution in [0.1, 0.15) is 43.7 Å². The van der Waals surface area contributed by atoms with Gasteiger partial charge in [-0.2, -0.15) is 5.10 Å². The standard InChI is InChI=1S/C10H16ClN3O2/c1-4-6(3)14-9(12)7(11)8(13-14)10(15)16-5-2/h6H,4-5,12H2,1-3H3. The van der Waals surface area contributed by atoms with Crippen LogP contribution in [0, 0.1) is 0 Å². The minimum absolute atomic E-state index is 0.0846. The van der Waals surface area contributed by atoms with Crippen LogP contribution < -0.4 is 5.73 Å². The topological polar surface area (TPSA) is 70.1 Å². The fourth-order valence-electron chi connectivity index (χ4n) is 1.27. The first kappa shape index (κ1) is 12.8. The maximum absolute atomic E-state index is 11.5. The Kier molecular flexibility index (Phi) is 4.18. The van der Waals surface area contributed by atoms with Crippen LogP contribution in [0.3, 0.4) is 0 Å². The van der Waals surface area contributed by atoms with Gasteiger partial charge >= 0.3 is 5.97 Å². The van der Waals surface area contributed by atoms with Gasteiger partial charge in [-0.3, -0.25) is 0 Å². The summed E-state index contributed by atoms with van der Waals surface area (Å²) < 4.78 is 6.39. The number of anilines is 1. The number of ether oxygens (including phenoxy) is 1. The number of carbonyl (C=O) groups is 1. The van der Waals surface area contributed by atoms with Crippen molar-refractivity contribution in [2.75, 3.05) is 12.3 Å². The molecule has 0 saturated carbocycles. The predicted octanol–water partition coefficient (Wildman–Crippen LogP) is 2.27. The first-order valence-electron chi connectivity index (χ1n) is 5.23. The molecule has 0 aliphatic rings. The number of aromatic nitrogens is 2. The zero-order valence-corrected chi connectivity index (χ0v) is 10.4. The number of carbonyl (C=O) groups excluding carboxylic acids is 1. The molecule has 1 aromatic heterocycles. The summed E-state index contributed by atoms with van der Waals surface area (Å²) >= 11 is 5.94. The Labute approximate surface area is 99.5 Å². The molecule has 0 aliphatic carbocycles. The van der Waals surface area contributed by atoms with Gasteiger partial charge in [-0.05, 0) is 20.3 Å². The van der Waals surface area contributed by atoms with Crippen molar-refractivity contribution in [1.82, 2.24) is 9.78 Å². The summed E-state index contributed by atoms with van der Waals surface area (Å²) in [6, 6.07) is 0.0978. The quantitative estimate of drug-likeness (QED) is 0.826. The maximum atomic E-state index is 11.5. The van der Waals surface area contributed by atoms with E-state index in [1.807, 2.05) is 13.8 Å². The lowest BCUT2D eigenvalue weighted by Crippen LogP contribution is -2.11. The minimum atomic E-state index is -0.541. The predicted molar refractivity (Wildman–Crippen MR) is 62.6 cm³/mol. The van der Waals surface area contributed by atoms with Crippen LogP contribution in [-0.4, -0.2) is 22.4 Å². The summed E-state index contributed by atoms with van der Waals surface area (Å²) in [6.07, 6.45) is 0.852. The molecule has 6 heteroatoms. The van der Waals surface area contributed by atoms with E-state index < -0.39 is 5.97 Å². The molecule has 0 fully saturated rings. The van der Waals surface area contributed by atoms with Gasteiger partial charge in [0.25, 0.3) is 0 Å². The van der Waals surface area contributed by atoms with Crippen LogP contribution in [0.25, 0.3) is 0 Å². The Morgan fingerprint density at radius 2 is 2.25 bits per heavy atom. The van der Waals surface area contributed by atoms with Gasteiger partial charge in [-0.15, -0.1) is 0 Å². The first-order valence-corrected chi connectivity index (χ1v) is 5.61. The summed E-state index contributed by atoms with van der Waals surface area (Å²) in [5.74, 6) is -0.236. The molecule has 16 heavy (non-hydrogen) atoms. The smallest absolute Gasteiger partial charge is 0.360 e. The molecule has 1 unspecified atom stereocenters. The molecule has 0 bridgehead atoms. The first-order chi connectivity index (χ1) is 7.52. The molecule has 1 rings (SSSR count). The lowest BCUT2D eigenvalue weighted by molar-refractivity contribution is 0.0518. The Bertz CT molecular complexity index is 390. The van der Waals surface area contributed by atoms with E-state index in [1.165, 1.54) is 0 Å². The number of esters is 1. The Hall–Kier alpha value is -1.23. The van der Waals surface area contributed by atoms with E-state index in [0.29, 0.717) is 5.82 Å². The van der Waals surface area contributed by atoms with Crippen molar-refractivity contribution >= 4 is 23.4 Å². The number of hydrogen-bond acceptors (Lipinski definition) is 4. The second kappa shape index (κ2) is 5.21. The van der Waals surface area contributed by atoms with Gasteiger partial charge in [0, 0.05) is 0 Å². The third kappa shape index (κ3) is 2.29. The van der Waals surface area contributed by atoms with Crippen molar-refractivity contribution in [3.8, 4) is 0 Å². The summed E-state index contributed by atoms with van der Waals surface area (Å²) in [5.41, 5.74) is 5.86. The lowest BCUT2D eigenvalue weighted by atomic mass is 10.3. The highest BCUT2D eigenvalue weighted by molar-refractivity contribution is 6.35. The molecular formula is C10H16ClN3O2. The molecule has 90 valence electrons. The van der Waals surface area contributed by atoms with Crippen molar-refractivity contribution in [1.29, 1.82) is 0 Å². The molecule has 5 nitrogen and oxygen atoms in total. The molecule has 0 amide bonds. The number of nitrogen functional groups attached to an aromatic ring is 1. The molecular weight excluding hydrogens is 230 g/mol. The zero-order valence-electron chi connectivity index (χ0n) is 9.66. The number of hydrogen-bond donors (Lipinski definition) is 1. The fraction of sp³-hybridized carbons (Fsp3) is 0.600. The molecule has 1 aromatic rings. The van der Waals surface area contributed by atoms with Crippen LogP contribution in [0.15, 0.2) is 0 Å². The van der Waals surface area contributed by atoms with E-state index in [9.17, 15) is 4.79 Å². The molecule has 0 saturated heterocycles. The van der Waals surface area contributed by atoms with Gasteiger partial charge in [0.1, 0.15) is 10.8 Å². The second-order valence-electron chi connectivity index (χ2n) is 3.47. The molecule has 0 aromatic carbocycles. The van der Waals surface area contributed by atoms with Gasteiger partial charge in [0.15, 0.2) is 5.69 Å². The Morgan fingerprint density at radius 1 is 1.62 bits per heavy atom. The van der Waals surface area contributed by atoms with Gasteiger partial charge in [0.05, 0.1) is 12.6 Å². The van der Waals surface area contributed by atoms with Gasteiger partial charge < -0.3 is 10.5 Å². The number of halogens is 1. The summed E-state index contributed by atoms with van der Waals surface area (Å²) in [7, 11) is 0. The highest BCUT2D eigenvalue weighted by Gasteiger charge is 2.22. The molecule has 1 heterocycles. The maximum Gasteiger partial charge on any atom is 0.360 e. The van der Waals surface area contributed by atoms with Crippen LogP contribution in [0.2, 0.25) is 5.02 Å². The third-order valence-electron chi connectivity index (χ3n) is 2.36. The summed E-state index contributed by atoms with van der Waals surface area (Å²) in [4.78, 5) is 11.5. The van der Waals surface area contributed by atoms with Crippen LogP contribution in [-0.2, 0) is 4.74 Å². The van der Waals surface area contributed by atoms with E-state index >= 15 is 0 Å². The number of rotatable bonds is 4. The van der Waals surface area contributed by atoms with E-state index in [1.54, 1.807) is 11.6 Å². The van der Waals surface area contributed by atoms with Crippen molar-refractivity contribution < 1.29 is 9.53 Å². The summed E-state index contributed by atoms with van der Waals surface area (Å²) in [5, 5.41) is 4.25. The summed E-state index contributed by atoms with van der Waals surface area (Å²) in [6.45, 7) is 5.96. The van der Waals surface area contributed by atoms with Crippen LogP contribution in [0.5, 0.6) is 0 Å². The van der Waals surface area contributed by atoms with Crippen molar-refractivity contribution in [2.24, 2.45) is 0 Å². The van der Waals surface area contributed by atoms with Crippen molar-refractivity contribution in [2.45, 2.75) is 33.2 Å². The van der Waals surface area contributed by atoms with E-state index in [0.717, 1.165) is 6.42 Å². The average molecular weight is 246 g/mol. The number of nitrogens with zero attached hydrogens (tertiary/aromatic N) is 2. The second-order valence-corrected chi connectivity index (χ2v) is 3.85. The van der Waals surface area contributed by atoms with E-state index in [4.69, 9.17) is 22.1 Å². The molecule has 1 atom stereocenters. The highest BCUT2D eigenvalue weighted by Crippen LogP contribution is 2.27. The van der Waals surface area contributed by atoms with E-state index in [-0.39, 0.29) is 23.4 Å². The monoisotopic (exact) mass is 245 g/mol. The largest absolute Gasteiger partial charge is 0.461 e. The lowest BCUT2D eigenvalue weighted by Gasteiger charge is -2.10. The minimum Gasteiger partial charge on any atom is -0.461 e. The average Bonchev–Trinajstić information content (AvgIpc) is 2.56. The van der Waals surface area contributed by atoms with E-state index in [2.05, 4.69) is 5.10 Å². The van der Waals surface area contributed by atoms with Crippen LogP contribution >= 0.6 is 11.6 Å². The van der Waals surface area contributed by atoms with Gasteiger partial charge in [0.2, 0.25) is 0 Å². The molecule has 0 aliphatic heterocycles. The molecule has 0 radical (unpaired) electrons. The SMILES string of the molecule is CCOC(=O)c1nn(C(C)CC)c(N)c1Cl. The molecule has 0 spiro atoms. The molecule has 2 N–H and O–H groups in total. The van der Waals surface area contributed by atoms with Crippen molar-refractivity contribution in [3.63, 3.8) is 0 Å². The van der Waals surface area contributed by atoms with Gasteiger partial charge in [-0.25, -0.2) is 9.48 Å². The fourth-order valence-corrected chi connectivity index (χ4v) is 1.47. The van der Waals surface area contributed by atoms with Gasteiger partial charge in [-0.1, -0.05) is 18.5 Å². The van der Waals surface area contributed by atoms with Crippen molar-refractivity contribution in [3.05, 3.63) is 10.7 Å². The normalized spacial score (nSPS) is 12.5. The van der Waals surface area contributed by atoms with Crippen LogP contribution in [0.4, 0.5) is 5.82 Å².